The average molecular weight is 437 g/mol. The zero-order chi connectivity index (χ0) is 22.2. The highest BCUT2D eigenvalue weighted by atomic mass is 16.1. The van der Waals surface area contributed by atoms with E-state index in [-0.39, 0.29) is 0 Å². The van der Waals surface area contributed by atoms with Crippen molar-refractivity contribution in [3.63, 3.8) is 0 Å². The molecule has 3 saturated carbocycles. The fourth-order valence-corrected chi connectivity index (χ4v) is 6.15. The Balaban J connectivity index is 1.27. The minimum atomic E-state index is 0.336. The Kier molecular flexibility index (Phi) is 5.82. The number of Topliss-reactive ketones (excluding diaryl/α,β-unsaturated/α-hetero) is 1. The SMILES string of the molecule is O=C(C[C@@H](c1ccc(CCC2CC2)cc1)C1CCCC1)c1cc(C2CC2)cc2ccccc12. The van der Waals surface area contributed by atoms with Crippen LogP contribution in [0.5, 0.6) is 0 Å². The summed E-state index contributed by atoms with van der Waals surface area (Å²) in [6.45, 7) is 0. The molecule has 1 atom stereocenters. The Labute approximate surface area is 198 Å². The van der Waals surface area contributed by atoms with Crippen molar-refractivity contribution in [3.05, 3.63) is 82.9 Å². The molecule has 0 unspecified atom stereocenters. The second kappa shape index (κ2) is 9.09. The summed E-state index contributed by atoms with van der Waals surface area (Å²) < 4.78 is 0. The van der Waals surface area contributed by atoms with Crippen molar-refractivity contribution in [2.45, 2.75) is 82.5 Å². The molecule has 1 heteroatoms. The van der Waals surface area contributed by atoms with Crippen molar-refractivity contribution in [1.29, 1.82) is 0 Å². The molecule has 0 heterocycles. The van der Waals surface area contributed by atoms with Crippen LogP contribution < -0.4 is 0 Å². The number of carbonyl (C=O) groups is 1. The third kappa shape index (κ3) is 4.79. The predicted octanol–water partition coefficient (Wildman–Crippen LogP) is 8.61. The highest BCUT2D eigenvalue weighted by Crippen LogP contribution is 2.43. The largest absolute Gasteiger partial charge is 0.294 e. The molecule has 1 nitrogen and oxygen atoms in total. The molecular formula is C32H36O. The lowest BCUT2D eigenvalue weighted by Gasteiger charge is -2.24. The number of hydrogen-bond donors (Lipinski definition) is 0. The molecule has 0 aromatic heterocycles. The summed E-state index contributed by atoms with van der Waals surface area (Å²) >= 11 is 0. The third-order valence-electron chi connectivity index (χ3n) is 8.55. The van der Waals surface area contributed by atoms with E-state index in [1.807, 2.05) is 0 Å². The van der Waals surface area contributed by atoms with Gasteiger partial charge < -0.3 is 0 Å². The fourth-order valence-electron chi connectivity index (χ4n) is 6.15. The molecule has 170 valence electrons. The lowest BCUT2D eigenvalue weighted by atomic mass is 9.79. The summed E-state index contributed by atoms with van der Waals surface area (Å²) in [5.74, 6) is 2.97. The third-order valence-corrected chi connectivity index (χ3v) is 8.55. The first-order chi connectivity index (χ1) is 16.2. The van der Waals surface area contributed by atoms with Gasteiger partial charge in [-0.2, -0.15) is 0 Å². The van der Waals surface area contributed by atoms with E-state index in [0.717, 1.165) is 16.9 Å². The lowest BCUT2D eigenvalue weighted by molar-refractivity contribution is 0.0965. The Morgan fingerprint density at radius 3 is 2.33 bits per heavy atom. The van der Waals surface area contributed by atoms with Crippen molar-refractivity contribution in [1.82, 2.24) is 0 Å². The number of ketones is 1. The summed E-state index contributed by atoms with van der Waals surface area (Å²) in [4.78, 5) is 13.8. The maximum Gasteiger partial charge on any atom is 0.164 e. The fraction of sp³-hybridized carbons (Fsp3) is 0.469. The number of benzene rings is 3. The van der Waals surface area contributed by atoms with E-state index in [1.54, 1.807) is 0 Å². The van der Waals surface area contributed by atoms with E-state index in [2.05, 4.69) is 60.7 Å². The second-order valence-electron chi connectivity index (χ2n) is 11.1. The van der Waals surface area contributed by atoms with Crippen LogP contribution >= 0.6 is 0 Å². The summed E-state index contributed by atoms with van der Waals surface area (Å²) in [6, 6.07) is 22.4. The highest BCUT2D eigenvalue weighted by molar-refractivity contribution is 6.08. The summed E-state index contributed by atoms with van der Waals surface area (Å²) in [5, 5.41) is 2.36. The van der Waals surface area contributed by atoms with Gasteiger partial charge in [0.15, 0.2) is 5.78 Å². The first kappa shape index (κ1) is 21.1. The molecule has 0 saturated heterocycles. The quantitative estimate of drug-likeness (QED) is 0.307. The molecule has 0 bridgehead atoms. The zero-order valence-corrected chi connectivity index (χ0v) is 19.8. The molecular weight excluding hydrogens is 400 g/mol. The molecule has 33 heavy (non-hydrogen) atoms. The van der Waals surface area contributed by atoms with Crippen LogP contribution in [0.3, 0.4) is 0 Å². The minimum absolute atomic E-state index is 0.336. The Hall–Kier alpha value is -2.41. The Morgan fingerprint density at radius 2 is 1.61 bits per heavy atom. The maximum absolute atomic E-state index is 13.8. The van der Waals surface area contributed by atoms with Gasteiger partial charge in [0.2, 0.25) is 0 Å². The molecule has 3 aromatic carbocycles. The van der Waals surface area contributed by atoms with Crippen LogP contribution in [0.4, 0.5) is 0 Å². The van der Waals surface area contributed by atoms with E-state index in [9.17, 15) is 4.79 Å². The van der Waals surface area contributed by atoms with E-state index in [4.69, 9.17) is 0 Å². The molecule has 0 N–H and O–H groups in total. The van der Waals surface area contributed by atoms with Gasteiger partial charge in [0.25, 0.3) is 0 Å². The minimum Gasteiger partial charge on any atom is -0.294 e. The molecule has 3 aliphatic carbocycles. The number of hydrogen-bond acceptors (Lipinski definition) is 1. The normalized spacial score (nSPS) is 19.8. The van der Waals surface area contributed by atoms with Gasteiger partial charge in [0.05, 0.1) is 0 Å². The molecule has 3 aromatic rings. The van der Waals surface area contributed by atoms with Crippen LogP contribution in [-0.2, 0) is 6.42 Å². The van der Waals surface area contributed by atoms with Gasteiger partial charge in [-0.25, -0.2) is 0 Å². The molecule has 0 spiro atoms. The number of aryl methyl sites for hydroxylation is 1. The summed E-state index contributed by atoms with van der Waals surface area (Å²) in [6.07, 6.45) is 13.8. The van der Waals surface area contributed by atoms with Crippen LogP contribution in [0, 0.1) is 11.8 Å². The number of fused-ring (bicyclic) bond motifs is 1. The number of carbonyl (C=O) groups excluding carboxylic acids is 1. The summed E-state index contributed by atoms with van der Waals surface area (Å²) in [5.41, 5.74) is 5.17. The van der Waals surface area contributed by atoms with Crippen LogP contribution in [0.25, 0.3) is 10.8 Å². The summed E-state index contributed by atoms with van der Waals surface area (Å²) in [7, 11) is 0. The monoisotopic (exact) mass is 436 g/mol. The molecule has 6 rings (SSSR count). The first-order valence-electron chi connectivity index (χ1n) is 13.4. The Morgan fingerprint density at radius 1 is 0.848 bits per heavy atom. The lowest BCUT2D eigenvalue weighted by Crippen LogP contribution is -2.15. The highest BCUT2D eigenvalue weighted by Gasteiger charge is 2.30. The van der Waals surface area contributed by atoms with Gasteiger partial charge in [0, 0.05) is 12.0 Å². The van der Waals surface area contributed by atoms with Crippen molar-refractivity contribution < 1.29 is 4.79 Å². The molecule has 0 amide bonds. The van der Waals surface area contributed by atoms with E-state index in [1.165, 1.54) is 86.3 Å². The standard InChI is InChI=1S/C32H36O/c33-32(31-20-28(24-17-18-24)19-27-7-3-4-8-29(27)31)21-30(25-5-1-2-6-25)26-15-13-23(14-16-26)12-11-22-9-10-22/h3-4,7-8,13-16,19-20,22,24-25,30H,1-2,5-6,9-12,17-18,21H2/t30-/m1/s1. The molecule has 0 radical (unpaired) electrons. The Bertz CT molecular complexity index is 1130. The molecule has 3 fully saturated rings. The van der Waals surface area contributed by atoms with Gasteiger partial charge in [-0.3, -0.25) is 4.79 Å². The maximum atomic E-state index is 13.8. The molecule has 0 aliphatic heterocycles. The van der Waals surface area contributed by atoms with E-state index >= 15 is 0 Å². The van der Waals surface area contributed by atoms with Crippen molar-refractivity contribution in [2.24, 2.45) is 11.8 Å². The molecule has 3 aliphatic rings. The van der Waals surface area contributed by atoms with Gasteiger partial charge in [-0.05, 0) is 95.7 Å². The second-order valence-corrected chi connectivity index (χ2v) is 11.1. The zero-order valence-electron chi connectivity index (χ0n) is 19.8. The topological polar surface area (TPSA) is 17.1 Å². The smallest absolute Gasteiger partial charge is 0.164 e. The van der Waals surface area contributed by atoms with Crippen LogP contribution in [0.1, 0.15) is 103 Å². The van der Waals surface area contributed by atoms with Crippen LogP contribution in [0.2, 0.25) is 0 Å². The predicted molar refractivity (Wildman–Crippen MR) is 137 cm³/mol. The van der Waals surface area contributed by atoms with Gasteiger partial charge in [-0.15, -0.1) is 0 Å². The van der Waals surface area contributed by atoms with Crippen molar-refractivity contribution in [3.8, 4) is 0 Å². The number of rotatable bonds is 9. The van der Waals surface area contributed by atoms with Gasteiger partial charge in [-0.1, -0.05) is 80.3 Å². The van der Waals surface area contributed by atoms with Crippen LogP contribution in [-0.4, -0.2) is 5.78 Å². The average Bonchev–Trinajstić information content (AvgIpc) is 3.79. The van der Waals surface area contributed by atoms with E-state index in [0.29, 0.717) is 30.0 Å². The van der Waals surface area contributed by atoms with Gasteiger partial charge >= 0.3 is 0 Å². The first-order valence-corrected chi connectivity index (χ1v) is 13.4. The van der Waals surface area contributed by atoms with Crippen molar-refractivity contribution >= 4 is 16.6 Å². The van der Waals surface area contributed by atoms with Gasteiger partial charge in [0.1, 0.15) is 0 Å². The van der Waals surface area contributed by atoms with Crippen LogP contribution in [0.15, 0.2) is 60.7 Å². The van der Waals surface area contributed by atoms with E-state index < -0.39 is 0 Å². The van der Waals surface area contributed by atoms with Crippen molar-refractivity contribution in [2.75, 3.05) is 0 Å².